The third-order valence-electron chi connectivity index (χ3n) is 3.62. The van der Waals surface area contributed by atoms with Crippen LogP contribution in [-0.4, -0.2) is 15.8 Å². The highest BCUT2D eigenvalue weighted by Gasteiger charge is 2.17. The first-order valence-corrected chi connectivity index (χ1v) is 8.41. The number of amides is 1. The Balaban J connectivity index is 1.65. The molecule has 0 unspecified atom stereocenters. The van der Waals surface area contributed by atoms with Gasteiger partial charge in [-0.05, 0) is 18.4 Å². The van der Waals surface area contributed by atoms with Gasteiger partial charge in [0.1, 0.15) is 5.76 Å². The fourth-order valence-electron chi connectivity index (χ4n) is 2.34. The molecule has 1 N–H and O–H groups in total. The molecule has 25 heavy (non-hydrogen) atoms. The van der Waals surface area contributed by atoms with Crippen molar-refractivity contribution >= 4 is 22.9 Å². The van der Waals surface area contributed by atoms with E-state index in [1.807, 2.05) is 17.5 Å². The summed E-state index contributed by atoms with van der Waals surface area (Å²) in [5.74, 6) is 0.811. The molecule has 0 aliphatic heterocycles. The normalized spacial score (nSPS) is 10.6. The zero-order chi connectivity index (χ0) is 17.8. The van der Waals surface area contributed by atoms with Crippen molar-refractivity contribution in [2.75, 3.05) is 0 Å². The monoisotopic (exact) mass is 357 g/mol. The maximum absolute atomic E-state index is 12.2. The minimum Gasteiger partial charge on any atom is -0.440 e. The van der Waals surface area contributed by atoms with Crippen molar-refractivity contribution in [3.63, 3.8) is 0 Å². The van der Waals surface area contributed by atoms with Gasteiger partial charge in [0.2, 0.25) is 11.8 Å². The predicted octanol–water partition coefficient (Wildman–Crippen LogP) is 3.48. The highest BCUT2D eigenvalue weighted by Crippen LogP contribution is 2.26. The van der Waals surface area contributed by atoms with Crippen LogP contribution >= 0.6 is 11.3 Å². The van der Waals surface area contributed by atoms with Crippen molar-refractivity contribution in [3.8, 4) is 10.8 Å². The Morgan fingerprint density at radius 3 is 2.84 bits per heavy atom. The molecule has 0 spiro atoms. The first-order valence-electron chi connectivity index (χ1n) is 7.54. The van der Waals surface area contributed by atoms with Crippen LogP contribution in [0.15, 0.2) is 46.2 Å². The van der Waals surface area contributed by atoms with Gasteiger partial charge < -0.3 is 9.73 Å². The maximum atomic E-state index is 12.2. The number of thiophene rings is 1. The van der Waals surface area contributed by atoms with Crippen molar-refractivity contribution in [2.45, 2.75) is 19.9 Å². The molecule has 0 aliphatic carbocycles. The van der Waals surface area contributed by atoms with Crippen LogP contribution < -0.4 is 5.32 Å². The molecule has 1 aromatic carbocycles. The Hall–Kier alpha value is -3.00. The molecule has 2 aromatic heterocycles. The molecular formula is C17H15N3O4S. The van der Waals surface area contributed by atoms with E-state index in [0.717, 1.165) is 4.88 Å². The molecule has 8 heteroatoms. The van der Waals surface area contributed by atoms with Crippen molar-refractivity contribution in [1.82, 2.24) is 10.3 Å². The van der Waals surface area contributed by atoms with Gasteiger partial charge >= 0.3 is 0 Å². The van der Waals surface area contributed by atoms with Crippen molar-refractivity contribution in [3.05, 3.63) is 68.9 Å². The van der Waals surface area contributed by atoms with Crippen molar-refractivity contribution < 1.29 is 14.1 Å². The average molecular weight is 357 g/mol. The van der Waals surface area contributed by atoms with Gasteiger partial charge in [-0.25, -0.2) is 4.98 Å². The number of carbonyl (C=O) groups is 1. The lowest BCUT2D eigenvalue weighted by molar-refractivity contribution is -0.385. The molecule has 0 saturated heterocycles. The summed E-state index contributed by atoms with van der Waals surface area (Å²) in [7, 11) is 0. The first-order chi connectivity index (χ1) is 12.0. The smallest absolute Gasteiger partial charge is 0.274 e. The van der Waals surface area contributed by atoms with Gasteiger partial charge in [0.25, 0.3) is 5.69 Å². The lowest BCUT2D eigenvalue weighted by atomic mass is 10.1. The zero-order valence-corrected chi connectivity index (χ0v) is 14.2. The lowest BCUT2D eigenvalue weighted by Gasteiger charge is -2.05. The van der Waals surface area contributed by atoms with Gasteiger partial charge in [0, 0.05) is 18.2 Å². The van der Waals surface area contributed by atoms with Crippen LogP contribution in [0.5, 0.6) is 0 Å². The van der Waals surface area contributed by atoms with Gasteiger partial charge in [-0.2, -0.15) is 0 Å². The fourth-order valence-corrected chi connectivity index (χ4v) is 2.99. The highest BCUT2D eigenvalue weighted by molar-refractivity contribution is 7.13. The summed E-state index contributed by atoms with van der Waals surface area (Å²) in [6.07, 6.45) is 0.0569. The summed E-state index contributed by atoms with van der Waals surface area (Å²) in [4.78, 5) is 27.9. The molecule has 0 atom stereocenters. The number of aromatic nitrogens is 1. The van der Waals surface area contributed by atoms with Crippen LogP contribution in [0, 0.1) is 17.0 Å². The maximum Gasteiger partial charge on any atom is 0.274 e. The topological polar surface area (TPSA) is 98.3 Å². The lowest BCUT2D eigenvalue weighted by Crippen LogP contribution is -2.25. The van der Waals surface area contributed by atoms with E-state index in [1.165, 1.54) is 17.4 Å². The molecule has 2 heterocycles. The summed E-state index contributed by atoms with van der Waals surface area (Å²) in [5.41, 5.74) is 1.00. The van der Waals surface area contributed by atoms with Crippen LogP contribution in [-0.2, 0) is 17.8 Å². The summed E-state index contributed by atoms with van der Waals surface area (Å²) in [5, 5.41) is 15.6. The standard InChI is InChI=1S/C17H15N3O4S/c1-11-13(19-17(24-11)15-7-4-8-25-15)9-16(21)18-10-12-5-2-3-6-14(12)20(22)23/h2-8H,9-10H2,1H3,(H,18,21). The SMILES string of the molecule is Cc1oc(-c2cccs2)nc1CC(=O)NCc1ccccc1[N+](=O)[O-]. The first kappa shape index (κ1) is 16.8. The second-order valence-electron chi connectivity index (χ2n) is 5.34. The number of benzene rings is 1. The molecule has 0 saturated carbocycles. The summed E-state index contributed by atoms with van der Waals surface area (Å²) < 4.78 is 5.60. The van der Waals surface area contributed by atoms with Gasteiger partial charge in [-0.1, -0.05) is 24.3 Å². The average Bonchev–Trinajstić information content (AvgIpc) is 3.23. The molecule has 0 bridgehead atoms. The Bertz CT molecular complexity index is 903. The predicted molar refractivity (Wildman–Crippen MR) is 93.2 cm³/mol. The number of hydrogen-bond acceptors (Lipinski definition) is 6. The van der Waals surface area contributed by atoms with E-state index in [-0.39, 0.29) is 24.6 Å². The minimum atomic E-state index is -0.462. The Morgan fingerprint density at radius 1 is 1.32 bits per heavy atom. The number of oxazole rings is 1. The number of nitro groups is 1. The Morgan fingerprint density at radius 2 is 2.12 bits per heavy atom. The number of nitrogens with one attached hydrogen (secondary N) is 1. The quantitative estimate of drug-likeness (QED) is 0.538. The molecule has 3 rings (SSSR count). The second-order valence-corrected chi connectivity index (χ2v) is 6.29. The van der Waals surface area contributed by atoms with Gasteiger partial charge in [-0.3, -0.25) is 14.9 Å². The Kier molecular flexibility index (Phi) is 4.90. The Labute approximate surface area is 147 Å². The van der Waals surface area contributed by atoms with Gasteiger partial charge in [0.05, 0.1) is 21.9 Å². The molecule has 128 valence electrons. The highest BCUT2D eigenvalue weighted by atomic mass is 32.1. The second kappa shape index (κ2) is 7.27. The number of aryl methyl sites for hydroxylation is 1. The van der Waals surface area contributed by atoms with E-state index in [2.05, 4.69) is 10.3 Å². The van der Waals surface area contributed by atoms with Crippen LogP contribution in [0.2, 0.25) is 0 Å². The number of nitro benzene ring substituents is 1. The van der Waals surface area contributed by atoms with E-state index in [4.69, 9.17) is 4.42 Å². The fraction of sp³-hybridized carbons (Fsp3) is 0.176. The van der Waals surface area contributed by atoms with Crippen LogP contribution in [0.25, 0.3) is 10.8 Å². The molecule has 1 amide bonds. The summed E-state index contributed by atoms with van der Waals surface area (Å²) in [6, 6.07) is 10.1. The van der Waals surface area contributed by atoms with Crippen molar-refractivity contribution in [1.29, 1.82) is 0 Å². The molecule has 0 fully saturated rings. The van der Waals surface area contributed by atoms with Crippen LogP contribution in [0.4, 0.5) is 5.69 Å². The van der Waals surface area contributed by atoms with Crippen LogP contribution in [0.1, 0.15) is 17.0 Å². The zero-order valence-electron chi connectivity index (χ0n) is 13.4. The summed E-state index contributed by atoms with van der Waals surface area (Å²) >= 11 is 1.51. The van der Waals surface area contributed by atoms with Gasteiger partial charge in [-0.15, -0.1) is 11.3 Å². The van der Waals surface area contributed by atoms with Crippen molar-refractivity contribution in [2.24, 2.45) is 0 Å². The van der Waals surface area contributed by atoms with Crippen LogP contribution in [0.3, 0.4) is 0 Å². The van der Waals surface area contributed by atoms with E-state index in [1.54, 1.807) is 25.1 Å². The third kappa shape index (κ3) is 3.92. The van der Waals surface area contributed by atoms with E-state index in [0.29, 0.717) is 22.9 Å². The third-order valence-corrected chi connectivity index (χ3v) is 4.47. The summed E-state index contributed by atoms with van der Waals surface area (Å²) in [6.45, 7) is 1.85. The molecule has 3 aromatic rings. The molecule has 7 nitrogen and oxygen atoms in total. The number of nitrogens with zero attached hydrogens (tertiary/aromatic N) is 2. The molecule has 0 radical (unpaired) electrons. The molecule has 0 aliphatic rings. The minimum absolute atomic E-state index is 0.0135. The molecular weight excluding hydrogens is 342 g/mol. The number of rotatable bonds is 6. The van der Waals surface area contributed by atoms with E-state index >= 15 is 0 Å². The largest absolute Gasteiger partial charge is 0.440 e. The number of para-hydroxylation sites is 1. The van der Waals surface area contributed by atoms with E-state index in [9.17, 15) is 14.9 Å². The van der Waals surface area contributed by atoms with E-state index < -0.39 is 4.92 Å². The van der Waals surface area contributed by atoms with Gasteiger partial charge in [0.15, 0.2) is 0 Å². The number of carbonyl (C=O) groups excluding carboxylic acids is 1. The number of hydrogen-bond donors (Lipinski definition) is 1.